The first kappa shape index (κ1) is 17.4. The number of ether oxygens (including phenoxy) is 1. The third-order valence-electron chi connectivity index (χ3n) is 4.10. The average Bonchev–Trinajstić information content (AvgIpc) is 2.24. The number of rotatable bonds is 7. The maximum Gasteiger partial charge on any atom is 0.312 e. The first-order valence-corrected chi connectivity index (χ1v) is 6.92. The Labute approximate surface area is 112 Å². The highest BCUT2D eigenvalue weighted by atomic mass is 16.5. The lowest BCUT2D eigenvalue weighted by atomic mass is 9.62. The zero-order valence-corrected chi connectivity index (χ0v) is 13.0. The number of esters is 1. The highest BCUT2D eigenvalue weighted by molar-refractivity contribution is 5.77. The van der Waals surface area contributed by atoms with Crippen LogP contribution in [-0.4, -0.2) is 23.8 Å². The lowest BCUT2D eigenvalue weighted by Crippen LogP contribution is -2.44. The van der Waals surface area contributed by atoms with Crippen molar-refractivity contribution < 1.29 is 14.6 Å². The lowest BCUT2D eigenvalue weighted by molar-refractivity contribution is -0.167. The van der Waals surface area contributed by atoms with E-state index in [1.807, 2.05) is 6.92 Å². The fraction of sp³-hybridized carbons (Fsp3) is 0.933. The second-order valence-corrected chi connectivity index (χ2v) is 6.61. The molecule has 0 aliphatic carbocycles. The van der Waals surface area contributed by atoms with Gasteiger partial charge in [-0.1, -0.05) is 34.6 Å². The van der Waals surface area contributed by atoms with Gasteiger partial charge in [0.2, 0.25) is 0 Å². The Kier molecular flexibility index (Phi) is 6.35. The summed E-state index contributed by atoms with van der Waals surface area (Å²) in [5, 5.41) is 9.23. The summed E-state index contributed by atoms with van der Waals surface area (Å²) in [5.74, 6) is 0.240. The Morgan fingerprint density at radius 2 is 1.72 bits per heavy atom. The summed E-state index contributed by atoms with van der Waals surface area (Å²) in [5.41, 5.74) is -0.627. The molecule has 0 aromatic heterocycles. The molecule has 3 heteroatoms. The lowest BCUT2D eigenvalue weighted by Gasteiger charge is -2.43. The molecule has 0 amide bonds. The normalized spacial score (nSPS) is 17.4. The second kappa shape index (κ2) is 6.55. The van der Waals surface area contributed by atoms with E-state index in [2.05, 4.69) is 34.6 Å². The molecule has 0 spiro atoms. The molecule has 2 unspecified atom stereocenters. The van der Waals surface area contributed by atoms with Crippen molar-refractivity contribution in [3.05, 3.63) is 0 Å². The number of aliphatic hydroxyl groups excluding tert-OH is 1. The molecule has 0 heterocycles. The zero-order chi connectivity index (χ0) is 14.6. The first-order chi connectivity index (χ1) is 8.06. The van der Waals surface area contributed by atoms with Crippen molar-refractivity contribution in [2.24, 2.45) is 16.7 Å². The Bertz CT molecular complexity index is 269. The van der Waals surface area contributed by atoms with Gasteiger partial charge in [0.05, 0.1) is 11.5 Å². The Morgan fingerprint density at radius 3 is 2.06 bits per heavy atom. The van der Waals surface area contributed by atoms with Crippen LogP contribution < -0.4 is 0 Å². The Morgan fingerprint density at radius 1 is 1.22 bits per heavy atom. The summed E-state index contributed by atoms with van der Waals surface area (Å²) >= 11 is 0. The van der Waals surface area contributed by atoms with Gasteiger partial charge in [-0.15, -0.1) is 0 Å². The molecule has 0 rings (SSSR count). The number of carbonyl (C=O) groups is 1. The van der Waals surface area contributed by atoms with Gasteiger partial charge in [-0.3, -0.25) is 4.79 Å². The van der Waals surface area contributed by atoms with Crippen LogP contribution in [-0.2, 0) is 9.53 Å². The molecule has 0 aromatic carbocycles. The highest BCUT2D eigenvalue weighted by Crippen LogP contribution is 2.46. The number of aliphatic hydroxyl groups is 1. The summed E-state index contributed by atoms with van der Waals surface area (Å²) in [7, 11) is 0. The molecule has 0 fully saturated rings. The molecule has 0 bridgehead atoms. The SMILES string of the molecule is CCC(C)(C)C(C)(CC(C)C)C(=O)OCC(C)O. The zero-order valence-electron chi connectivity index (χ0n) is 13.0. The van der Waals surface area contributed by atoms with Gasteiger partial charge >= 0.3 is 5.97 Å². The monoisotopic (exact) mass is 258 g/mol. The Hall–Kier alpha value is -0.570. The molecule has 2 atom stereocenters. The quantitative estimate of drug-likeness (QED) is 0.712. The molecule has 0 saturated heterocycles. The van der Waals surface area contributed by atoms with Crippen molar-refractivity contribution >= 4 is 5.97 Å². The van der Waals surface area contributed by atoms with Gasteiger partial charge in [-0.25, -0.2) is 0 Å². The van der Waals surface area contributed by atoms with Crippen molar-refractivity contribution in [3.63, 3.8) is 0 Å². The van der Waals surface area contributed by atoms with Gasteiger partial charge in [0.25, 0.3) is 0 Å². The highest BCUT2D eigenvalue weighted by Gasteiger charge is 2.47. The number of hydrogen-bond donors (Lipinski definition) is 1. The van der Waals surface area contributed by atoms with E-state index in [-0.39, 0.29) is 18.0 Å². The summed E-state index contributed by atoms with van der Waals surface area (Å²) in [6.07, 6.45) is 1.11. The average molecular weight is 258 g/mol. The van der Waals surface area contributed by atoms with Gasteiger partial charge in [-0.2, -0.15) is 0 Å². The molecule has 18 heavy (non-hydrogen) atoms. The van der Waals surface area contributed by atoms with E-state index < -0.39 is 11.5 Å². The van der Waals surface area contributed by atoms with E-state index >= 15 is 0 Å². The van der Waals surface area contributed by atoms with Crippen LogP contribution in [0.1, 0.15) is 61.3 Å². The van der Waals surface area contributed by atoms with E-state index in [0.29, 0.717) is 5.92 Å². The van der Waals surface area contributed by atoms with E-state index in [9.17, 15) is 9.90 Å². The molecular formula is C15H30O3. The van der Waals surface area contributed by atoms with E-state index in [0.717, 1.165) is 12.8 Å². The van der Waals surface area contributed by atoms with Crippen molar-refractivity contribution in [2.75, 3.05) is 6.61 Å². The summed E-state index contributed by atoms with van der Waals surface area (Å²) in [6.45, 7) is 14.2. The van der Waals surface area contributed by atoms with Crippen molar-refractivity contribution in [1.29, 1.82) is 0 Å². The van der Waals surface area contributed by atoms with Gasteiger partial charge in [0, 0.05) is 0 Å². The summed E-state index contributed by atoms with van der Waals surface area (Å²) < 4.78 is 5.27. The topological polar surface area (TPSA) is 46.5 Å². The van der Waals surface area contributed by atoms with Gasteiger partial charge in [0.15, 0.2) is 0 Å². The molecule has 0 aromatic rings. The third kappa shape index (κ3) is 4.27. The summed E-state index contributed by atoms with van der Waals surface area (Å²) in [6, 6.07) is 0. The molecule has 1 N–H and O–H groups in total. The number of hydrogen-bond acceptors (Lipinski definition) is 3. The van der Waals surface area contributed by atoms with Gasteiger partial charge in [-0.05, 0) is 38.0 Å². The maximum absolute atomic E-state index is 12.4. The minimum atomic E-state index is -0.609. The maximum atomic E-state index is 12.4. The van der Waals surface area contributed by atoms with Gasteiger partial charge in [0.1, 0.15) is 6.61 Å². The van der Waals surface area contributed by atoms with Crippen molar-refractivity contribution in [2.45, 2.75) is 67.4 Å². The fourth-order valence-electron chi connectivity index (χ4n) is 2.20. The predicted molar refractivity (Wildman–Crippen MR) is 74.3 cm³/mol. The van der Waals surface area contributed by atoms with Crippen LogP contribution in [0.4, 0.5) is 0 Å². The van der Waals surface area contributed by atoms with E-state index in [1.54, 1.807) is 6.92 Å². The van der Waals surface area contributed by atoms with Crippen LogP contribution in [0.3, 0.4) is 0 Å². The smallest absolute Gasteiger partial charge is 0.312 e. The standard InChI is InChI=1S/C15H30O3/c1-8-14(5,6)15(7,9-11(2)3)13(17)18-10-12(4)16/h11-12,16H,8-10H2,1-7H3. The minimum absolute atomic E-state index is 0.0757. The van der Waals surface area contributed by atoms with Crippen LogP contribution in [0.2, 0.25) is 0 Å². The molecule has 108 valence electrons. The van der Waals surface area contributed by atoms with Gasteiger partial charge < -0.3 is 9.84 Å². The third-order valence-corrected chi connectivity index (χ3v) is 4.10. The van der Waals surface area contributed by atoms with E-state index in [1.165, 1.54) is 0 Å². The predicted octanol–water partition coefficient (Wildman–Crippen LogP) is 3.40. The number of carbonyl (C=O) groups excluding carboxylic acids is 1. The van der Waals surface area contributed by atoms with Crippen LogP contribution in [0.5, 0.6) is 0 Å². The molecule has 0 aliphatic rings. The van der Waals surface area contributed by atoms with Crippen LogP contribution in [0.15, 0.2) is 0 Å². The minimum Gasteiger partial charge on any atom is -0.463 e. The molecule has 0 radical (unpaired) electrons. The van der Waals surface area contributed by atoms with Crippen molar-refractivity contribution in [1.82, 2.24) is 0 Å². The molecule has 0 saturated carbocycles. The first-order valence-electron chi connectivity index (χ1n) is 6.92. The molecular weight excluding hydrogens is 228 g/mol. The molecule has 3 nitrogen and oxygen atoms in total. The Balaban J connectivity index is 5.03. The van der Waals surface area contributed by atoms with Crippen LogP contribution in [0, 0.1) is 16.7 Å². The molecule has 0 aliphatic heterocycles. The van der Waals surface area contributed by atoms with Crippen LogP contribution >= 0.6 is 0 Å². The van der Waals surface area contributed by atoms with Crippen LogP contribution in [0.25, 0.3) is 0 Å². The fourth-order valence-corrected chi connectivity index (χ4v) is 2.20. The second-order valence-electron chi connectivity index (χ2n) is 6.61. The van der Waals surface area contributed by atoms with Crippen molar-refractivity contribution in [3.8, 4) is 0 Å². The largest absolute Gasteiger partial charge is 0.463 e. The van der Waals surface area contributed by atoms with E-state index in [4.69, 9.17) is 4.74 Å². The summed E-state index contributed by atoms with van der Waals surface area (Å²) in [4.78, 5) is 12.4.